The zero-order valence-corrected chi connectivity index (χ0v) is 17.0. The summed E-state index contributed by atoms with van der Waals surface area (Å²) in [6.07, 6.45) is 4.64. The third kappa shape index (κ3) is 5.46. The highest BCUT2D eigenvalue weighted by atomic mass is 16.5. The van der Waals surface area contributed by atoms with Crippen LogP contribution in [0.1, 0.15) is 5.56 Å². The number of nitrogens with one attached hydrogen (secondary N) is 1. The summed E-state index contributed by atoms with van der Waals surface area (Å²) in [7, 11) is 0. The number of benzene rings is 2. The number of carbonyl (C=O) groups excluding carboxylic acids is 2. The number of carbonyl (C=O) groups is 2. The van der Waals surface area contributed by atoms with Gasteiger partial charge in [-0.3, -0.25) is 9.78 Å². The molecule has 0 aliphatic carbocycles. The van der Waals surface area contributed by atoms with Gasteiger partial charge in [-0.1, -0.05) is 24.3 Å². The van der Waals surface area contributed by atoms with Gasteiger partial charge < -0.3 is 19.7 Å². The van der Waals surface area contributed by atoms with Crippen LogP contribution in [0, 0.1) is 0 Å². The molecular formula is C24H23N3O4. The molecule has 1 saturated heterocycles. The highest BCUT2D eigenvalue weighted by Gasteiger charge is 2.11. The highest BCUT2D eigenvalue weighted by molar-refractivity contribution is 5.96. The molecule has 1 aromatic heterocycles. The normalized spacial score (nSPS) is 14.0. The number of rotatable bonds is 6. The van der Waals surface area contributed by atoms with Crippen LogP contribution in [-0.4, -0.2) is 49.8 Å². The predicted molar refractivity (Wildman–Crippen MR) is 120 cm³/mol. The van der Waals surface area contributed by atoms with Crippen molar-refractivity contribution in [2.45, 2.75) is 0 Å². The number of hydrogen-bond acceptors (Lipinski definition) is 6. The SMILES string of the molecule is O=C(COC(=O)/C=C/c1cccc2cccnc12)Nc1ccc(N2CCOCC2)cc1. The Labute approximate surface area is 180 Å². The molecule has 7 heteroatoms. The summed E-state index contributed by atoms with van der Waals surface area (Å²) in [5.74, 6) is -0.988. The Morgan fingerprint density at radius 2 is 1.84 bits per heavy atom. The summed E-state index contributed by atoms with van der Waals surface area (Å²) < 4.78 is 10.4. The van der Waals surface area contributed by atoms with Crippen LogP contribution >= 0.6 is 0 Å². The molecule has 3 aromatic rings. The smallest absolute Gasteiger partial charge is 0.331 e. The molecule has 0 radical (unpaired) electrons. The molecule has 7 nitrogen and oxygen atoms in total. The number of fused-ring (bicyclic) bond motifs is 1. The Balaban J connectivity index is 1.27. The number of amides is 1. The summed E-state index contributed by atoms with van der Waals surface area (Å²) >= 11 is 0. The minimum Gasteiger partial charge on any atom is -0.452 e. The maximum Gasteiger partial charge on any atom is 0.331 e. The van der Waals surface area contributed by atoms with Crippen LogP contribution < -0.4 is 10.2 Å². The van der Waals surface area contributed by atoms with Crippen molar-refractivity contribution in [3.8, 4) is 0 Å². The van der Waals surface area contributed by atoms with E-state index in [9.17, 15) is 9.59 Å². The van der Waals surface area contributed by atoms with Crippen molar-refractivity contribution < 1.29 is 19.1 Å². The molecular weight excluding hydrogens is 394 g/mol. The quantitative estimate of drug-likeness (QED) is 0.490. The van der Waals surface area contributed by atoms with E-state index in [1.54, 1.807) is 12.3 Å². The molecule has 1 N–H and O–H groups in total. The molecule has 4 rings (SSSR count). The van der Waals surface area contributed by atoms with Gasteiger partial charge in [-0.2, -0.15) is 0 Å². The minimum atomic E-state index is -0.592. The van der Waals surface area contributed by atoms with E-state index in [-0.39, 0.29) is 6.61 Å². The second-order valence-electron chi connectivity index (χ2n) is 7.06. The Hall–Kier alpha value is -3.71. The summed E-state index contributed by atoms with van der Waals surface area (Å²) in [5, 5.41) is 3.72. The van der Waals surface area contributed by atoms with E-state index in [1.807, 2.05) is 54.6 Å². The van der Waals surface area contributed by atoms with Crippen LogP contribution in [0.3, 0.4) is 0 Å². The molecule has 158 valence electrons. The first-order valence-corrected chi connectivity index (χ1v) is 10.1. The second-order valence-corrected chi connectivity index (χ2v) is 7.06. The van der Waals surface area contributed by atoms with E-state index in [4.69, 9.17) is 9.47 Å². The number of nitrogens with zero attached hydrogens (tertiary/aromatic N) is 2. The van der Waals surface area contributed by atoms with Gasteiger partial charge in [0.25, 0.3) is 5.91 Å². The van der Waals surface area contributed by atoms with E-state index in [0.29, 0.717) is 5.69 Å². The van der Waals surface area contributed by atoms with Crippen LogP contribution in [0.2, 0.25) is 0 Å². The first-order valence-electron chi connectivity index (χ1n) is 10.1. The number of pyridine rings is 1. The van der Waals surface area contributed by atoms with Crippen molar-refractivity contribution in [1.29, 1.82) is 0 Å². The van der Waals surface area contributed by atoms with Crippen LogP contribution in [0.4, 0.5) is 11.4 Å². The Kier molecular flexibility index (Phi) is 6.54. The first-order chi connectivity index (χ1) is 15.2. The lowest BCUT2D eigenvalue weighted by Gasteiger charge is -2.28. The largest absolute Gasteiger partial charge is 0.452 e. The maximum absolute atomic E-state index is 12.1. The minimum absolute atomic E-state index is 0.359. The molecule has 0 atom stereocenters. The van der Waals surface area contributed by atoms with Crippen LogP contribution in [0.15, 0.2) is 66.9 Å². The Bertz CT molecular complexity index is 1080. The van der Waals surface area contributed by atoms with E-state index in [0.717, 1.165) is 48.5 Å². The lowest BCUT2D eigenvalue weighted by molar-refractivity contribution is -0.142. The van der Waals surface area contributed by atoms with Gasteiger partial charge in [0.1, 0.15) is 0 Å². The van der Waals surface area contributed by atoms with E-state index >= 15 is 0 Å². The summed E-state index contributed by atoms with van der Waals surface area (Å²) in [4.78, 5) is 30.7. The standard InChI is InChI=1S/C24H23N3O4/c28-22(26-20-7-9-21(10-8-20)27-13-15-30-16-14-27)17-31-23(29)11-6-19-4-1-3-18-5-2-12-25-24(18)19/h1-12H,13-17H2,(H,26,28)/b11-6+. The first kappa shape index (κ1) is 20.6. The van der Waals surface area contributed by atoms with Crippen LogP contribution in [0.25, 0.3) is 17.0 Å². The average molecular weight is 417 g/mol. The van der Waals surface area contributed by atoms with Gasteiger partial charge in [-0.15, -0.1) is 0 Å². The molecule has 0 unspecified atom stereocenters. The van der Waals surface area contributed by atoms with Gasteiger partial charge in [-0.25, -0.2) is 4.79 Å². The summed E-state index contributed by atoms with van der Waals surface area (Å²) in [6, 6.07) is 17.1. The molecule has 1 aliphatic rings. The highest BCUT2D eigenvalue weighted by Crippen LogP contribution is 2.19. The number of esters is 1. The summed E-state index contributed by atoms with van der Waals surface area (Å²) in [5.41, 5.74) is 3.34. The van der Waals surface area contributed by atoms with Gasteiger partial charge in [-0.05, 0) is 36.4 Å². The van der Waals surface area contributed by atoms with Crippen molar-refractivity contribution in [1.82, 2.24) is 4.98 Å². The Morgan fingerprint density at radius 3 is 2.65 bits per heavy atom. The maximum atomic E-state index is 12.1. The zero-order valence-electron chi connectivity index (χ0n) is 17.0. The fraction of sp³-hybridized carbons (Fsp3) is 0.208. The van der Waals surface area contributed by atoms with Crippen molar-refractivity contribution in [2.24, 2.45) is 0 Å². The van der Waals surface area contributed by atoms with E-state index < -0.39 is 11.9 Å². The Morgan fingerprint density at radius 1 is 1.06 bits per heavy atom. The third-order valence-corrected chi connectivity index (χ3v) is 4.94. The second kappa shape index (κ2) is 9.86. The number of morpholine rings is 1. The predicted octanol–water partition coefficient (Wildman–Crippen LogP) is 3.27. The van der Waals surface area contributed by atoms with Gasteiger partial charge >= 0.3 is 5.97 Å². The molecule has 1 fully saturated rings. The molecule has 1 aliphatic heterocycles. The van der Waals surface area contributed by atoms with Crippen molar-refractivity contribution in [3.63, 3.8) is 0 Å². The fourth-order valence-electron chi connectivity index (χ4n) is 3.38. The molecule has 31 heavy (non-hydrogen) atoms. The number of hydrogen-bond donors (Lipinski definition) is 1. The van der Waals surface area contributed by atoms with Gasteiger partial charge in [0.2, 0.25) is 0 Å². The monoisotopic (exact) mass is 417 g/mol. The van der Waals surface area contributed by atoms with Crippen molar-refractivity contribution >= 4 is 40.2 Å². The number of para-hydroxylation sites is 1. The molecule has 2 aromatic carbocycles. The van der Waals surface area contributed by atoms with E-state index in [1.165, 1.54) is 6.08 Å². The fourth-order valence-corrected chi connectivity index (χ4v) is 3.38. The summed E-state index contributed by atoms with van der Waals surface area (Å²) in [6.45, 7) is 2.78. The van der Waals surface area contributed by atoms with Gasteiger partial charge in [0.05, 0.1) is 18.7 Å². The molecule has 1 amide bonds. The average Bonchev–Trinajstić information content (AvgIpc) is 2.82. The number of ether oxygens (including phenoxy) is 2. The lowest BCUT2D eigenvalue weighted by atomic mass is 10.1. The van der Waals surface area contributed by atoms with Crippen LogP contribution in [-0.2, 0) is 19.1 Å². The van der Waals surface area contributed by atoms with Gasteiger partial charge in [0.15, 0.2) is 6.61 Å². The molecule has 2 heterocycles. The van der Waals surface area contributed by atoms with Crippen LogP contribution in [0.5, 0.6) is 0 Å². The van der Waals surface area contributed by atoms with Gasteiger partial charge in [0, 0.05) is 47.7 Å². The molecule has 0 spiro atoms. The molecule has 0 bridgehead atoms. The topological polar surface area (TPSA) is 80.8 Å². The number of aromatic nitrogens is 1. The number of anilines is 2. The molecule has 0 saturated carbocycles. The van der Waals surface area contributed by atoms with E-state index in [2.05, 4.69) is 15.2 Å². The third-order valence-electron chi connectivity index (χ3n) is 4.94. The lowest BCUT2D eigenvalue weighted by Crippen LogP contribution is -2.36. The van der Waals surface area contributed by atoms with Crippen molar-refractivity contribution in [3.05, 3.63) is 72.4 Å². The zero-order chi connectivity index (χ0) is 21.5. The van der Waals surface area contributed by atoms with Crippen molar-refractivity contribution in [2.75, 3.05) is 43.1 Å².